The highest BCUT2D eigenvalue weighted by Gasteiger charge is 2.22. The Bertz CT molecular complexity index is 643. The van der Waals surface area contributed by atoms with Gasteiger partial charge in [0, 0.05) is 18.8 Å². The third-order valence-corrected chi connectivity index (χ3v) is 4.83. The maximum absolute atomic E-state index is 12.4. The molecule has 126 valence electrons. The molecule has 2 aromatic rings. The molecule has 0 atom stereocenters. The van der Waals surface area contributed by atoms with Crippen LogP contribution in [0.15, 0.2) is 54.6 Å². The average molecular weight is 322 g/mol. The molecule has 1 aliphatic heterocycles. The molecule has 1 N–H and O–H groups in total. The van der Waals surface area contributed by atoms with Crippen molar-refractivity contribution in [3.8, 4) is 0 Å². The fourth-order valence-electron chi connectivity index (χ4n) is 3.29. The van der Waals surface area contributed by atoms with Crippen LogP contribution in [0.2, 0.25) is 0 Å². The molecule has 3 nitrogen and oxygen atoms in total. The number of nitrogens with zero attached hydrogens (tertiary/aromatic N) is 1. The Morgan fingerprint density at radius 1 is 1.04 bits per heavy atom. The van der Waals surface area contributed by atoms with Crippen LogP contribution in [0.4, 0.5) is 5.69 Å². The molecule has 0 aliphatic carbocycles. The minimum Gasteiger partial charge on any atom is -0.376 e. The molecular formula is C21H26N2O. The highest BCUT2D eigenvalue weighted by Crippen LogP contribution is 2.21. The highest BCUT2D eigenvalue weighted by atomic mass is 16.2. The zero-order chi connectivity index (χ0) is 16.8. The van der Waals surface area contributed by atoms with Crippen molar-refractivity contribution in [2.45, 2.75) is 26.2 Å². The van der Waals surface area contributed by atoms with E-state index < -0.39 is 0 Å². The molecule has 0 aromatic heterocycles. The molecule has 0 radical (unpaired) electrons. The molecule has 0 unspecified atom stereocenters. The monoisotopic (exact) mass is 322 g/mol. The van der Waals surface area contributed by atoms with Gasteiger partial charge in [-0.3, -0.25) is 4.79 Å². The molecule has 1 amide bonds. The number of carbonyl (C=O) groups excluding carboxylic acids is 1. The molecule has 2 aromatic carbocycles. The van der Waals surface area contributed by atoms with E-state index in [-0.39, 0.29) is 5.91 Å². The Hall–Kier alpha value is -2.29. The SMILES string of the molecule is Cc1ccc(NCC(=O)N2CCC(Cc3ccccc3)CC2)cc1. The summed E-state index contributed by atoms with van der Waals surface area (Å²) >= 11 is 0. The Kier molecular flexibility index (Phi) is 5.52. The topological polar surface area (TPSA) is 32.3 Å². The van der Waals surface area contributed by atoms with Gasteiger partial charge in [-0.1, -0.05) is 48.0 Å². The summed E-state index contributed by atoms with van der Waals surface area (Å²) in [5.74, 6) is 0.898. The van der Waals surface area contributed by atoms with Crippen LogP contribution >= 0.6 is 0 Å². The maximum atomic E-state index is 12.4. The van der Waals surface area contributed by atoms with Gasteiger partial charge in [0.05, 0.1) is 6.54 Å². The van der Waals surface area contributed by atoms with Crippen LogP contribution in [-0.4, -0.2) is 30.4 Å². The Labute approximate surface area is 144 Å². The Balaban J connectivity index is 1.42. The van der Waals surface area contributed by atoms with Gasteiger partial charge < -0.3 is 10.2 Å². The van der Waals surface area contributed by atoms with E-state index in [4.69, 9.17) is 0 Å². The third kappa shape index (κ3) is 4.60. The summed E-state index contributed by atoms with van der Waals surface area (Å²) in [6, 6.07) is 18.8. The van der Waals surface area contributed by atoms with Crippen molar-refractivity contribution < 1.29 is 4.79 Å². The quantitative estimate of drug-likeness (QED) is 0.906. The van der Waals surface area contributed by atoms with Crippen molar-refractivity contribution in [3.63, 3.8) is 0 Å². The first kappa shape index (κ1) is 16.6. The molecule has 0 saturated carbocycles. The Morgan fingerprint density at radius 3 is 2.38 bits per heavy atom. The number of hydrogen-bond donors (Lipinski definition) is 1. The maximum Gasteiger partial charge on any atom is 0.241 e. The highest BCUT2D eigenvalue weighted by molar-refractivity contribution is 5.80. The molecule has 0 bridgehead atoms. The molecule has 24 heavy (non-hydrogen) atoms. The van der Waals surface area contributed by atoms with E-state index in [1.807, 2.05) is 17.0 Å². The number of anilines is 1. The van der Waals surface area contributed by atoms with Gasteiger partial charge in [0.2, 0.25) is 5.91 Å². The van der Waals surface area contributed by atoms with Crippen LogP contribution in [-0.2, 0) is 11.2 Å². The lowest BCUT2D eigenvalue weighted by Crippen LogP contribution is -2.41. The average Bonchev–Trinajstić information content (AvgIpc) is 2.62. The van der Waals surface area contributed by atoms with Gasteiger partial charge >= 0.3 is 0 Å². The Morgan fingerprint density at radius 2 is 1.71 bits per heavy atom. The predicted octanol–water partition coefficient (Wildman–Crippen LogP) is 3.89. The van der Waals surface area contributed by atoms with Gasteiger partial charge in [-0.15, -0.1) is 0 Å². The first-order chi connectivity index (χ1) is 11.7. The standard InChI is InChI=1S/C21H26N2O/c1-17-7-9-20(10-8-17)22-16-21(24)23-13-11-19(12-14-23)15-18-5-3-2-4-6-18/h2-10,19,22H,11-16H2,1H3. The predicted molar refractivity (Wildman–Crippen MR) is 99.1 cm³/mol. The van der Waals surface area contributed by atoms with Gasteiger partial charge in [-0.25, -0.2) is 0 Å². The van der Waals surface area contributed by atoms with Crippen LogP contribution in [0.1, 0.15) is 24.0 Å². The van der Waals surface area contributed by atoms with Crippen molar-refractivity contribution >= 4 is 11.6 Å². The summed E-state index contributed by atoms with van der Waals surface area (Å²) in [7, 11) is 0. The van der Waals surface area contributed by atoms with Crippen molar-refractivity contribution in [2.75, 3.05) is 25.0 Å². The number of hydrogen-bond acceptors (Lipinski definition) is 2. The van der Waals surface area contributed by atoms with Crippen LogP contribution < -0.4 is 5.32 Å². The van der Waals surface area contributed by atoms with E-state index in [1.54, 1.807) is 0 Å². The minimum atomic E-state index is 0.203. The lowest BCUT2D eigenvalue weighted by molar-refractivity contribution is -0.130. The second kappa shape index (κ2) is 8.00. The smallest absolute Gasteiger partial charge is 0.241 e. The summed E-state index contributed by atoms with van der Waals surface area (Å²) in [5, 5.41) is 3.23. The number of rotatable bonds is 5. The second-order valence-electron chi connectivity index (χ2n) is 6.73. The first-order valence-electron chi connectivity index (χ1n) is 8.83. The molecular weight excluding hydrogens is 296 g/mol. The number of carbonyl (C=O) groups is 1. The molecule has 0 spiro atoms. The molecule has 3 rings (SSSR count). The van der Waals surface area contributed by atoms with E-state index in [1.165, 1.54) is 11.1 Å². The van der Waals surface area contributed by atoms with Crippen molar-refractivity contribution in [1.29, 1.82) is 0 Å². The lowest BCUT2D eigenvalue weighted by atomic mass is 9.90. The molecule has 1 saturated heterocycles. The van der Waals surface area contributed by atoms with Crippen LogP contribution in [0.25, 0.3) is 0 Å². The minimum absolute atomic E-state index is 0.203. The number of piperidine rings is 1. The summed E-state index contributed by atoms with van der Waals surface area (Å²) in [5.41, 5.74) is 3.64. The number of likely N-dealkylation sites (tertiary alicyclic amines) is 1. The van der Waals surface area contributed by atoms with Gasteiger partial charge in [0.25, 0.3) is 0 Å². The number of benzene rings is 2. The van der Waals surface area contributed by atoms with Gasteiger partial charge in [-0.05, 0) is 49.8 Å². The summed E-state index contributed by atoms with van der Waals surface area (Å²) < 4.78 is 0. The molecule has 1 aliphatic rings. The molecule has 3 heteroatoms. The van der Waals surface area contributed by atoms with Crippen LogP contribution in [0, 0.1) is 12.8 Å². The normalized spacial score (nSPS) is 15.3. The number of aryl methyl sites for hydroxylation is 1. The van der Waals surface area contributed by atoms with Gasteiger partial charge in [-0.2, -0.15) is 0 Å². The van der Waals surface area contributed by atoms with E-state index in [0.717, 1.165) is 38.0 Å². The van der Waals surface area contributed by atoms with E-state index in [0.29, 0.717) is 12.5 Å². The second-order valence-corrected chi connectivity index (χ2v) is 6.73. The number of nitrogens with one attached hydrogen (secondary N) is 1. The van der Waals surface area contributed by atoms with Crippen molar-refractivity contribution in [1.82, 2.24) is 4.90 Å². The largest absolute Gasteiger partial charge is 0.376 e. The summed E-state index contributed by atoms with van der Waals surface area (Å²) in [4.78, 5) is 14.4. The van der Waals surface area contributed by atoms with Gasteiger partial charge in [0.1, 0.15) is 0 Å². The summed E-state index contributed by atoms with van der Waals surface area (Å²) in [6.45, 7) is 4.21. The first-order valence-corrected chi connectivity index (χ1v) is 8.83. The summed E-state index contributed by atoms with van der Waals surface area (Å²) in [6.07, 6.45) is 3.33. The van der Waals surface area contributed by atoms with Gasteiger partial charge in [0.15, 0.2) is 0 Å². The van der Waals surface area contributed by atoms with Crippen LogP contribution in [0.3, 0.4) is 0 Å². The van der Waals surface area contributed by atoms with E-state index >= 15 is 0 Å². The fraction of sp³-hybridized carbons (Fsp3) is 0.381. The third-order valence-electron chi connectivity index (χ3n) is 4.83. The van der Waals surface area contributed by atoms with Crippen LogP contribution in [0.5, 0.6) is 0 Å². The fourth-order valence-corrected chi connectivity index (χ4v) is 3.29. The van der Waals surface area contributed by atoms with Crippen molar-refractivity contribution in [2.24, 2.45) is 5.92 Å². The molecule has 1 heterocycles. The zero-order valence-electron chi connectivity index (χ0n) is 14.4. The van der Waals surface area contributed by atoms with Crippen molar-refractivity contribution in [3.05, 3.63) is 65.7 Å². The zero-order valence-corrected chi connectivity index (χ0v) is 14.4. The number of amides is 1. The van der Waals surface area contributed by atoms with E-state index in [2.05, 4.69) is 54.7 Å². The lowest BCUT2D eigenvalue weighted by Gasteiger charge is -2.32. The molecule has 1 fully saturated rings. The van der Waals surface area contributed by atoms with E-state index in [9.17, 15) is 4.79 Å².